The molecule has 0 aliphatic heterocycles. The quantitative estimate of drug-likeness (QED) is 0.855. The van der Waals surface area contributed by atoms with E-state index < -0.39 is 6.04 Å². The van der Waals surface area contributed by atoms with Crippen LogP contribution in [0.25, 0.3) is 0 Å². The van der Waals surface area contributed by atoms with Crippen LogP contribution in [-0.4, -0.2) is 19.1 Å². The number of aryl methyl sites for hydroxylation is 1. The van der Waals surface area contributed by atoms with E-state index in [9.17, 15) is 9.18 Å². The molecule has 1 aromatic carbocycles. The van der Waals surface area contributed by atoms with Gasteiger partial charge in [0.1, 0.15) is 11.9 Å². The van der Waals surface area contributed by atoms with Crippen molar-refractivity contribution in [2.24, 2.45) is 11.8 Å². The SMILES string of the molecule is COC(=O)C(Nc1cc(C)cc(F)c1)C1CCCC(C)C1. The monoisotopic (exact) mass is 293 g/mol. The third-order valence-electron chi connectivity index (χ3n) is 4.27. The van der Waals surface area contributed by atoms with Gasteiger partial charge in [0.25, 0.3) is 0 Å². The fourth-order valence-electron chi connectivity index (χ4n) is 3.28. The summed E-state index contributed by atoms with van der Waals surface area (Å²) in [6.07, 6.45) is 4.35. The van der Waals surface area contributed by atoms with Gasteiger partial charge < -0.3 is 10.1 Å². The van der Waals surface area contributed by atoms with Crippen molar-refractivity contribution in [3.05, 3.63) is 29.6 Å². The lowest BCUT2D eigenvalue weighted by Gasteiger charge is -2.32. The number of nitrogens with one attached hydrogen (secondary N) is 1. The lowest BCUT2D eigenvalue weighted by molar-refractivity contribution is -0.143. The molecule has 0 heterocycles. The van der Waals surface area contributed by atoms with Crippen molar-refractivity contribution in [2.45, 2.75) is 45.6 Å². The number of hydrogen-bond donors (Lipinski definition) is 1. The Balaban J connectivity index is 2.17. The molecule has 0 amide bonds. The maximum atomic E-state index is 13.5. The predicted octanol–water partition coefficient (Wildman–Crippen LogP) is 3.91. The van der Waals surface area contributed by atoms with Gasteiger partial charge in [-0.25, -0.2) is 9.18 Å². The van der Waals surface area contributed by atoms with Crippen LogP contribution < -0.4 is 5.32 Å². The molecular formula is C17H24FNO2. The van der Waals surface area contributed by atoms with E-state index in [0.717, 1.165) is 24.8 Å². The molecule has 1 N–H and O–H groups in total. The van der Waals surface area contributed by atoms with Crippen molar-refractivity contribution in [2.75, 3.05) is 12.4 Å². The summed E-state index contributed by atoms with van der Waals surface area (Å²) in [6, 6.07) is 4.35. The number of anilines is 1. The number of ether oxygens (including phenoxy) is 1. The Labute approximate surface area is 125 Å². The fraction of sp³-hybridized carbons (Fsp3) is 0.588. The van der Waals surface area contributed by atoms with Crippen molar-refractivity contribution in [1.82, 2.24) is 0 Å². The van der Waals surface area contributed by atoms with Crippen molar-refractivity contribution < 1.29 is 13.9 Å². The average Bonchev–Trinajstić information content (AvgIpc) is 2.43. The molecular weight excluding hydrogens is 269 g/mol. The molecule has 116 valence electrons. The topological polar surface area (TPSA) is 38.3 Å². The van der Waals surface area contributed by atoms with Crippen molar-refractivity contribution >= 4 is 11.7 Å². The van der Waals surface area contributed by atoms with Crippen LogP contribution in [0, 0.1) is 24.6 Å². The predicted molar refractivity (Wildman–Crippen MR) is 81.7 cm³/mol. The maximum absolute atomic E-state index is 13.5. The molecule has 4 heteroatoms. The number of halogens is 1. The maximum Gasteiger partial charge on any atom is 0.328 e. The van der Waals surface area contributed by atoms with Crippen molar-refractivity contribution in [3.63, 3.8) is 0 Å². The highest BCUT2D eigenvalue weighted by atomic mass is 19.1. The molecule has 0 aromatic heterocycles. The van der Waals surface area contributed by atoms with Crippen LogP contribution >= 0.6 is 0 Å². The van der Waals surface area contributed by atoms with Gasteiger partial charge in [0.05, 0.1) is 7.11 Å². The lowest BCUT2D eigenvalue weighted by atomic mass is 9.78. The molecule has 0 bridgehead atoms. The Kier molecular flexibility index (Phi) is 5.21. The molecule has 1 fully saturated rings. The fourth-order valence-corrected chi connectivity index (χ4v) is 3.28. The first-order valence-corrected chi connectivity index (χ1v) is 7.61. The van der Waals surface area contributed by atoms with Crippen LogP contribution in [0.1, 0.15) is 38.2 Å². The zero-order valence-electron chi connectivity index (χ0n) is 13.0. The smallest absolute Gasteiger partial charge is 0.328 e. The summed E-state index contributed by atoms with van der Waals surface area (Å²) in [5.41, 5.74) is 1.47. The van der Waals surface area contributed by atoms with Crippen molar-refractivity contribution in [3.8, 4) is 0 Å². The molecule has 1 aliphatic rings. The number of carbonyl (C=O) groups excluding carboxylic acids is 1. The lowest BCUT2D eigenvalue weighted by Crippen LogP contribution is -2.40. The molecule has 21 heavy (non-hydrogen) atoms. The van der Waals surface area contributed by atoms with Crippen molar-refractivity contribution in [1.29, 1.82) is 0 Å². The van der Waals surface area contributed by atoms with E-state index in [1.165, 1.54) is 25.7 Å². The van der Waals surface area contributed by atoms with Gasteiger partial charge in [-0.2, -0.15) is 0 Å². The second-order valence-electron chi connectivity index (χ2n) is 6.19. The number of methoxy groups -OCH3 is 1. The van der Waals surface area contributed by atoms with E-state index in [2.05, 4.69) is 12.2 Å². The molecule has 1 aromatic rings. The first-order valence-electron chi connectivity index (χ1n) is 7.61. The molecule has 1 saturated carbocycles. The first kappa shape index (κ1) is 15.8. The molecule has 3 unspecified atom stereocenters. The summed E-state index contributed by atoms with van der Waals surface area (Å²) in [4.78, 5) is 12.1. The summed E-state index contributed by atoms with van der Waals surface area (Å²) in [7, 11) is 1.40. The van der Waals surface area contributed by atoms with Crippen LogP contribution in [0.4, 0.5) is 10.1 Å². The molecule has 0 spiro atoms. The van der Waals surface area contributed by atoms with Gasteiger partial charge in [0.15, 0.2) is 0 Å². The number of benzene rings is 1. The van der Waals surface area contributed by atoms with Gasteiger partial charge >= 0.3 is 5.97 Å². The second-order valence-corrected chi connectivity index (χ2v) is 6.19. The van der Waals surface area contributed by atoms with Gasteiger partial charge in [-0.3, -0.25) is 0 Å². The summed E-state index contributed by atoms with van der Waals surface area (Å²) in [6.45, 7) is 4.05. The number of hydrogen-bond acceptors (Lipinski definition) is 3. The third-order valence-corrected chi connectivity index (χ3v) is 4.27. The highest BCUT2D eigenvalue weighted by Gasteiger charge is 2.32. The standard InChI is InChI=1S/C17H24FNO2/c1-11-5-4-6-13(7-11)16(17(20)21-3)19-15-9-12(2)8-14(18)10-15/h8-11,13,16,19H,4-7H2,1-3H3. The van der Waals surface area contributed by atoms with Crippen LogP contribution in [0.5, 0.6) is 0 Å². The number of carbonyl (C=O) groups is 1. The molecule has 0 radical (unpaired) electrons. The third kappa shape index (κ3) is 4.19. The Morgan fingerprint density at radius 2 is 2.14 bits per heavy atom. The summed E-state index contributed by atoms with van der Waals surface area (Å²) in [5, 5.41) is 3.19. The molecule has 3 atom stereocenters. The van der Waals surface area contributed by atoms with Crippen LogP contribution in [-0.2, 0) is 9.53 Å². The normalized spacial score (nSPS) is 23.4. The average molecular weight is 293 g/mol. The minimum absolute atomic E-state index is 0.241. The number of rotatable bonds is 4. The molecule has 2 rings (SSSR count). The Morgan fingerprint density at radius 3 is 2.76 bits per heavy atom. The van der Waals surface area contributed by atoms with E-state index >= 15 is 0 Å². The van der Waals surface area contributed by atoms with Gasteiger partial charge in [-0.1, -0.05) is 19.8 Å². The zero-order chi connectivity index (χ0) is 15.4. The summed E-state index contributed by atoms with van der Waals surface area (Å²) < 4.78 is 18.4. The first-order chi connectivity index (χ1) is 9.99. The van der Waals surface area contributed by atoms with Gasteiger partial charge in [0, 0.05) is 5.69 Å². The second kappa shape index (κ2) is 6.92. The molecule has 3 nitrogen and oxygen atoms in total. The number of esters is 1. The van der Waals surface area contributed by atoms with E-state index in [1.807, 2.05) is 13.0 Å². The molecule has 0 saturated heterocycles. The van der Waals surface area contributed by atoms with E-state index in [0.29, 0.717) is 11.6 Å². The van der Waals surface area contributed by atoms with Gasteiger partial charge in [-0.15, -0.1) is 0 Å². The summed E-state index contributed by atoms with van der Waals surface area (Å²) >= 11 is 0. The molecule has 1 aliphatic carbocycles. The highest BCUT2D eigenvalue weighted by Crippen LogP contribution is 2.32. The minimum Gasteiger partial charge on any atom is -0.467 e. The van der Waals surface area contributed by atoms with Crippen LogP contribution in [0.3, 0.4) is 0 Å². The largest absolute Gasteiger partial charge is 0.467 e. The van der Waals surface area contributed by atoms with Crippen LogP contribution in [0.2, 0.25) is 0 Å². The Hall–Kier alpha value is -1.58. The van der Waals surface area contributed by atoms with E-state index in [-0.39, 0.29) is 17.7 Å². The Morgan fingerprint density at radius 1 is 1.38 bits per heavy atom. The zero-order valence-corrected chi connectivity index (χ0v) is 13.0. The van der Waals surface area contributed by atoms with Crippen LogP contribution in [0.15, 0.2) is 18.2 Å². The van der Waals surface area contributed by atoms with Gasteiger partial charge in [0.2, 0.25) is 0 Å². The Bertz CT molecular complexity index is 483. The van der Waals surface area contributed by atoms with E-state index in [1.54, 1.807) is 0 Å². The minimum atomic E-state index is -0.404. The van der Waals surface area contributed by atoms with Gasteiger partial charge in [-0.05, 0) is 55.4 Å². The summed E-state index contributed by atoms with van der Waals surface area (Å²) in [5.74, 6) is 0.297. The highest BCUT2D eigenvalue weighted by molar-refractivity contribution is 5.79. The van der Waals surface area contributed by atoms with E-state index in [4.69, 9.17) is 4.74 Å².